The van der Waals surface area contributed by atoms with Crippen LogP contribution in [0.4, 0.5) is 0 Å². The molecule has 90 valence electrons. The lowest BCUT2D eigenvalue weighted by molar-refractivity contribution is 0.732. The third-order valence-corrected chi connectivity index (χ3v) is 3.70. The Labute approximate surface area is 104 Å². The number of hydrogen-bond donors (Lipinski definition) is 1. The van der Waals surface area contributed by atoms with Gasteiger partial charge in [0.15, 0.2) is 0 Å². The van der Waals surface area contributed by atoms with Gasteiger partial charge in [-0.1, -0.05) is 36.8 Å². The molecule has 1 rings (SSSR count). The van der Waals surface area contributed by atoms with Gasteiger partial charge in [0.1, 0.15) is 0 Å². The van der Waals surface area contributed by atoms with Crippen molar-refractivity contribution in [3.8, 4) is 0 Å². The summed E-state index contributed by atoms with van der Waals surface area (Å²) >= 11 is 1.99. The van der Waals surface area contributed by atoms with Gasteiger partial charge in [0, 0.05) is 24.0 Å². The Bertz CT molecular complexity index is 289. The van der Waals surface area contributed by atoms with Gasteiger partial charge in [-0.2, -0.15) is 11.8 Å². The van der Waals surface area contributed by atoms with Crippen LogP contribution in [0.3, 0.4) is 0 Å². The van der Waals surface area contributed by atoms with E-state index in [-0.39, 0.29) is 0 Å². The maximum atomic E-state index is 3.17. The Hall–Kier alpha value is -0.470. The smallest absolute Gasteiger partial charge is 0.0119 e. The van der Waals surface area contributed by atoms with E-state index in [1.165, 1.54) is 23.3 Å². The van der Waals surface area contributed by atoms with Crippen molar-refractivity contribution < 1.29 is 0 Å². The van der Waals surface area contributed by atoms with E-state index < -0.39 is 0 Å². The second-order valence-corrected chi connectivity index (χ2v) is 5.29. The normalized spacial score (nSPS) is 22.6. The van der Waals surface area contributed by atoms with Crippen LogP contribution >= 0.6 is 11.8 Å². The van der Waals surface area contributed by atoms with Crippen LogP contribution in [0.1, 0.15) is 20.3 Å². The molecule has 0 bridgehead atoms. The van der Waals surface area contributed by atoms with Crippen molar-refractivity contribution in [1.29, 1.82) is 0 Å². The van der Waals surface area contributed by atoms with Gasteiger partial charge in [-0.05, 0) is 26.0 Å². The van der Waals surface area contributed by atoms with Gasteiger partial charge in [0.2, 0.25) is 0 Å². The fraction of sp³-hybridized carbons (Fsp3) is 0.571. The number of hydrogen-bond acceptors (Lipinski definition) is 2. The molecule has 0 aliphatic heterocycles. The lowest BCUT2D eigenvalue weighted by atomic mass is 9.89. The van der Waals surface area contributed by atoms with Gasteiger partial charge >= 0.3 is 0 Å². The molecule has 1 aliphatic carbocycles. The molecule has 16 heavy (non-hydrogen) atoms. The molecule has 0 saturated heterocycles. The number of nitrogens with one attached hydrogen (secondary N) is 1. The predicted octanol–water partition coefficient (Wildman–Crippen LogP) is 3.41. The second-order valence-electron chi connectivity index (χ2n) is 4.14. The van der Waals surface area contributed by atoms with Crippen molar-refractivity contribution in [3.05, 3.63) is 35.5 Å². The summed E-state index contributed by atoms with van der Waals surface area (Å²) in [6, 6.07) is 0. The van der Waals surface area contributed by atoms with Gasteiger partial charge in [-0.15, -0.1) is 0 Å². The molecule has 0 heterocycles. The van der Waals surface area contributed by atoms with E-state index in [0.29, 0.717) is 5.92 Å². The summed E-state index contributed by atoms with van der Waals surface area (Å²) in [4.78, 5) is 0. The average molecular weight is 237 g/mol. The van der Waals surface area contributed by atoms with Crippen molar-refractivity contribution in [2.45, 2.75) is 20.3 Å². The van der Waals surface area contributed by atoms with E-state index in [0.717, 1.165) is 12.3 Å². The van der Waals surface area contributed by atoms with Gasteiger partial charge in [-0.3, -0.25) is 0 Å². The highest BCUT2D eigenvalue weighted by Gasteiger charge is 2.10. The molecule has 0 aromatic heterocycles. The monoisotopic (exact) mass is 237 g/mol. The van der Waals surface area contributed by atoms with Crippen molar-refractivity contribution >= 4 is 11.8 Å². The van der Waals surface area contributed by atoms with E-state index in [1.54, 1.807) is 0 Å². The molecule has 0 spiro atoms. The number of rotatable bonds is 6. The fourth-order valence-corrected chi connectivity index (χ4v) is 2.63. The first kappa shape index (κ1) is 13.6. The summed E-state index contributed by atoms with van der Waals surface area (Å²) < 4.78 is 0. The van der Waals surface area contributed by atoms with E-state index in [9.17, 15) is 0 Å². The highest BCUT2D eigenvalue weighted by atomic mass is 32.2. The van der Waals surface area contributed by atoms with Crippen molar-refractivity contribution in [2.75, 3.05) is 25.1 Å². The summed E-state index contributed by atoms with van der Waals surface area (Å²) in [5.41, 5.74) is 2.89. The Morgan fingerprint density at radius 2 is 2.25 bits per heavy atom. The first-order chi connectivity index (χ1) is 7.77. The molecule has 0 fully saturated rings. The lowest BCUT2D eigenvalue weighted by Gasteiger charge is -2.17. The maximum absolute atomic E-state index is 3.17. The Balaban J connectivity index is 2.40. The molecule has 1 N–H and O–H groups in total. The first-order valence-electron chi connectivity index (χ1n) is 6.06. The van der Waals surface area contributed by atoms with Crippen LogP contribution in [0.2, 0.25) is 0 Å². The Kier molecular flexibility index (Phi) is 6.58. The number of thioether (sulfide) groups is 1. The molecule has 0 amide bonds. The van der Waals surface area contributed by atoms with Crippen LogP contribution in [0, 0.1) is 5.92 Å². The highest BCUT2D eigenvalue weighted by Crippen LogP contribution is 2.25. The average Bonchev–Trinajstić information content (AvgIpc) is 2.30. The second kappa shape index (κ2) is 7.75. The van der Waals surface area contributed by atoms with E-state index >= 15 is 0 Å². The van der Waals surface area contributed by atoms with Gasteiger partial charge < -0.3 is 5.32 Å². The standard InChI is InChI=1S/C14H23NS/c1-4-13-11-12(2)5-6-14(13)7-9-16-10-8-15-3/h5-7,11,13,15H,4,8-10H2,1-3H3/b14-7-. The summed E-state index contributed by atoms with van der Waals surface area (Å²) in [5, 5.41) is 3.17. The quantitative estimate of drug-likeness (QED) is 0.711. The third-order valence-electron chi connectivity index (χ3n) is 2.80. The van der Waals surface area contributed by atoms with Crippen molar-refractivity contribution in [1.82, 2.24) is 5.32 Å². The lowest BCUT2D eigenvalue weighted by Crippen LogP contribution is -2.10. The largest absolute Gasteiger partial charge is 0.319 e. The molecular weight excluding hydrogens is 214 g/mol. The van der Waals surface area contributed by atoms with Crippen LogP contribution in [0.5, 0.6) is 0 Å². The molecule has 1 aliphatic rings. The highest BCUT2D eigenvalue weighted by molar-refractivity contribution is 7.99. The minimum atomic E-state index is 0.634. The van der Waals surface area contributed by atoms with Crippen LogP contribution in [0.25, 0.3) is 0 Å². The van der Waals surface area contributed by atoms with Gasteiger partial charge in [0.05, 0.1) is 0 Å². The zero-order valence-electron chi connectivity index (χ0n) is 10.6. The van der Waals surface area contributed by atoms with Crippen LogP contribution in [-0.4, -0.2) is 25.1 Å². The topological polar surface area (TPSA) is 12.0 Å². The minimum absolute atomic E-state index is 0.634. The third kappa shape index (κ3) is 4.58. The summed E-state index contributed by atoms with van der Waals surface area (Å²) in [5.74, 6) is 2.95. The molecule has 1 nitrogen and oxygen atoms in total. The fourth-order valence-electron chi connectivity index (χ4n) is 1.81. The van der Waals surface area contributed by atoms with E-state index in [1.807, 2.05) is 18.8 Å². The molecule has 1 unspecified atom stereocenters. The van der Waals surface area contributed by atoms with Crippen molar-refractivity contribution in [2.24, 2.45) is 5.92 Å². The zero-order chi connectivity index (χ0) is 11.8. The van der Waals surface area contributed by atoms with Gasteiger partial charge in [0.25, 0.3) is 0 Å². The Morgan fingerprint density at radius 1 is 1.44 bits per heavy atom. The maximum Gasteiger partial charge on any atom is 0.0119 e. The number of allylic oxidation sites excluding steroid dienone is 5. The first-order valence-corrected chi connectivity index (χ1v) is 7.22. The Morgan fingerprint density at radius 3 is 2.94 bits per heavy atom. The predicted molar refractivity (Wildman–Crippen MR) is 76.0 cm³/mol. The summed E-state index contributed by atoms with van der Waals surface area (Å²) in [6.45, 7) is 5.53. The van der Waals surface area contributed by atoms with E-state index in [2.05, 4.69) is 43.5 Å². The molecule has 2 heteroatoms. The zero-order valence-corrected chi connectivity index (χ0v) is 11.4. The SMILES string of the molecule is CCC1C=C(C)C=C/C1=C/CSCCNC. The molecule has 1 atom stereocenters. The molecular formula is C14H23NS. The molecule has 0 radical (unpaired) electrons. The van der Waals surface area contributed by atoms with Crippen LogP contribution in [-0.2, 0) is 0 Å². The molecule has 0 saturated carbocycles. The summed E-state index contributed by atoms with van der Waals surface area (Å²) in [6.07, 6.45) is 10.5. The summed E-state index contributed by atoms with van der Waals surface area (Å²) in [7, 11) is 2.00. The minimum Gasteiger partial charge on any atom is -0.319 e. The van der Waals surface area contributed by atoms with E-state index in [4.69, 9.17) is 0 Å². The molecule has 0 aromatic carbocycles. The van der Waals surface area contributed by atoms with Crippen LogP contribution in [0.15, 0.2) is 35.5 Å². The molecule has 0 aromatic rings. The van der Waals surface area contributed by atoms with Crippen molar-refractivity contribution in [3.63, 3.8) is 0 Å². The van der Waals surface area contributed by atoms with Gasteiger partial charge in [-0.25, -0.2) is 0 Å². The van der Waals surface area contributed by atoms with Crippen LogP contribution < -0.4 is 5.32 Å².